The maximum absolute atomic E-state index is 13.6. The van der Waals surface area contributed by atoms with Gasteiger partial charge in [0.2, 0.25) is 0 Å². The molecule has 0 radical (unpaired) electrons. The minimum Gasteiger partial charge on any atom is -0.383 e. The molecule has 158 valence electrons. The molecule has 0 N–H and O–H groups in total. The van der Waals surface area contributed by atoms with Gasteiger partial charge in [-0.05, 0) is 42.7 Å². The Morgan fingerprint density at radius 3 is 2.03 bits per heavy atom. The van der Waals surface area contributed by atoms with Crippen LogP contribution < -0.4 is 4.90 Å². The zero-order valence-electron chi connectivity index (χ0n) is 18.0. The van der Waals surface area contributed by atoms with Gasteiger partial charge in [-0.25, -0.2) is 4.90 Å². The molecule has 6 heteroatoms. The molecule has 1 heterocycles. The van der Waals surface area contributed by atoms with Gasteiger partial charge in [0.25, 0.3) is 11.8 Å². The van der Waals surface area contributed by atoms with Crippen molar-refractivity contribution in [2.45, 2.75) is 13.8 Å². The molecule has 0 aliphatic carbocycles. The van der Waals surface area contributed by atoms with Crippen molar-refractivity contribution in [3.63, 3.8) is 0 Å². The standard InChI is InChI=1S/C24H28N2O4/c1-17-10-11-20(16-18(17)2)26-23(27)21(19-8-6-5-7-9-19)22(24(26)28)25(12-14-29-3)13-15-30-4/h5-11,16H,12-15H2,1-4H3. The third-order valence-corrected chi connectivity index (χ3v) is 5.32. The highest BCUT2D eigenvalue weighted by Gasteiger charge is 2.42. The van der Waals surface area contributed by atoms with E-state index in [1.165, 1.54) is 4.90 Å². The van der Waals surface area contributed by atoms with Crippen LogP contribution >= 0.6 is 0 Å². The Labute approximate surface area is 177 Å². The van der Waals surface area contributed by atoms with Crippen LogP contribution in [-0.2, 0) is 19.1 Å². The number of imide groups is 1. The summed E-state index contributed by atoms with van der Waals surface area (Å²) in [6.07, 6.45) is 0. The van der Waals surface area contributed by atoms with Gasteiger partial charge in [0, 0.05) is 27.3 Å². The molecule has 0 aromatic heterocycles. The molecule has 0 spiro atoms. The molecular weight excluding hydrogens is 380 g/mol. The molecular formula is C24H28N2O4. The van der Waals surface area contributed by atoms with Crippen molar-refractivity contribution < 1.29 is 19.1 Å². The number of ether oxygens (including phenoxy) is 2. The maximum atomic E-state index is 13.6. The Hall–Kier alpha value is -2.96. The number of methoxy groups -OCH3 is 2. The number of nitrogens with zero attached hydrogens (tertiary/aromatic N) is 2. The number of anilines is 1. The first-order valence-corrected chi connectivity index (χ1v) is 9.98. The summed E-state index contributed by atoms with van der Waals surface area (Å²) in [6, 6.07) is 15.0. The first-order chi connectivity index (χ1) is 14.5. The van der Waals surface area contributed by atoms with Gasteiger partial charge in [-0.15, -0.1) is 0 Å². The summed E-state index contributed by atoms with van der Waals surface area (Å²) in [5, 5.41) is 0. The van der Waals surface area contributed by atoms with Gasteiger partial charge in [-0.1, -0.05) is 36.4 Å². The molecule has 6 nitrogen and oxygen atoms in total. The predicted molar refractivity (Wildman–Crippen MR) is 117 cm³/mol. The molecule has 30 heavy (non-hydrogen) atoms. The van der Waals surface area contributed by atoms with Gasteiger partial charge in [-0.3, -0.25) is 9.59 Å². The summed E-state index contributed by atoms with van der Waals surface area (Å²) in [6.45, 7) is 5.79. The largest absolute Gasteiger partial charge is 0.383 e. The summed E-state index contributed by atoms with van der Waals surface area (Å²) in [7, 11) is 3.23. The molecule has 3 rings (SSSR count). The number of rotatable bonds is 9. The lowest BCUT2D eigenvalue weighted by Gasteiger charge is -2.25. The molecule has 2 aromatic rings. The van der Waals surface area contributed by atoms with Crippen molar-refractivity contribution in [2.24, 2.45) is 0 Å². The van der Waals surface area contributed by atoms with Gasteiger partial charge in [0.1, 0.15) is 5.70 Å². The van der Waals surface area contributed by atoms with E-state index >= 15 is 0 Å². The first-order valence-electron chi connectivity index (χ1n) is 9.98. The van der Waals surface area contributed by atoms with Crippen molar-refractivity contribution >= 4 is 23.1 Å². The molecule has 1 aliphatic rings. The summed E-state index contributed by atoms with van der Waals surface area (Å²) >= 11 is 0. The molecule has 0 fully saturated rings. The molecule has 0 saturated heterocycles. The van der Waals surface area contributed by atoms with Crippen LogP contribution in [0.2, 0.25) is 0 Å². The van der Waals surface area contributed by atoms with Gasteiger partial charge in [-0.2, -0.15) is 0 Å². The number of carbonyl (C=O) groups excluding carboxylic acids is 2. The minimum absolute atomic E-state index is 0.315. The van der Waals surface area contributed by atoms with E-state index in [1.807, 2.05) is 67.3 Å². The van der Waals surface area contributed by atoms with Crippen LogP contribution in [-0.4, -0.2) is 57.2 Å². The van der Waals surface area contributed by atoms with Crippen LogP contribution in [0.25, 0.3) is 5.57 Å². The third-order valence-electron chi connectivity index (χ3n) is 5.32. The van der Waals surface area contributed by atoms with E-state index in [2.05, 4.69) is 0 Å². The van der Waals surface area contributed by atoms with Gasteiger partial charge in [0.05, 0.1) is 24.5 Å². The maximum Gasteiger partial charge on any atom is 0.282 e. The molecule has 0 saturated carbocycles. The molecule has 0 bridgehead atoms. The second-order valence-electron chi connectivity index (χ2n) is 7.28. The third kappa shape index (κ3) is 4.30. The van der Waals surface area contributed by atoms with Crippen LogP contribution in [0.5, 0.6) is 0 Å². The van der Waals surface area contributed by atoms with E-state index in [1.54, 1.807) is 14.2 Å². The minimum atomic E-state index is -0.325. The lowest BCUT2D eigenvalue weighted by atomic mass is 10.0. The van der Waals surface area contributed by atoms with Crippen LogP contribution in [0.4, 0.5) is 5.69 Å². The second-order valence-corrected chi connectivity index (χ2v) is 7.28. The Morgan fingerprint density at radius 2 is 1.47 bits per heavy atom. The Morgan fingerprint density at radius 1 is 0.833 bits per heavy atom. The quantitative estimate of drug-likeness (QED) is 0.597. The highest BCUT2D eigenvalue weighted by molar-refractivity contribution is 6.45. The monoisotopic (exact) mass is 408 g/mol. The molecule has 1 aliphatic heterocycles. The van der Waals surface area contributed by atoms with Gasteiger partial charge >= 0.3 is 0 Å². The van der Waals surface area contributed by atoms with E-state index in [-0.39, 0.29) is 11.8 Å². The summed E-state index contributed by atoms with van der Waals surface area (Å²) < 4.78 is 10.5. The lowest BCUT2D eigenvalue weighted by molar-refractivity contribution is -0.120. The van der Waals surface area contributed by atoms with E-state index < -0.39 is 0 Å². The van der Waals surface area contributed by atoms with Crippen molar-refractivity contribution in [3.05, 3.63) is 70.9 Å². The summed E-state index contributed by atoms with van der Waals surface area (Å²) in [5.41, 5.74) is 4.23. The number of carbonyl (C=O) groups is 2. The number of aryl methyl sites for hydroxylation is 2. The van der Waals surface area contributed by atoms with Crippen LogP contribution in [0.1, 0.15) is 16.7 Å². The Bertz CT molecular complexity index is 945. The average molecular weight is 408 g/mol. The van der Waals surface area contributed by atoms with Crippen LogP contribution in [0.15, 0.2) is 54.2 Å². The van der Waals surface area contributed by atoms with Crippen LogP contribution in [0.3, 0.4) is 0 Å². The van der Waals surface area contributed by atoms with Gasteiger partial charge < -0.3 is 14.4 Å². The zero-order valence-corrected chi connectivity index (χ0v) is 18.0. The van der Waals surface area contributed by atoms with Crippen molar-refractivity contribution in [1.29, 1.82) is 0 Å². The van der Waals surface area contributed by atoms with Gasteiger partial charge in [0.15, 0.2) is 0 Å². The highest BCUT2D eigenvalue weighted by Crippen LogP contribution is 2.35. The van der Waals surface area contributed by atoms with Crippen LogP contribution in [0, 0.1) is 13.8 Å². The Kier molecular flexibility index (Phi) is 7.03. The molecule has 0 atom stereocenters. The van der Waals surface area contributed by atoms with E-state index in [0.717, 1.165) is 16.7 Å². The van der Waals surface area contributed by atoms with Crippen molar-refractivity contribution in [1.82, 2.24) is 4.90 Å². The predicted octanol–water partition coefficient (Wildman–Crippen LogP) is 3.18. The number of amides is 2. The van der Waals surface area contributed by atoms with E-state index in [0.29, 0.717) is 43.3 Å². The highest BCUT2D eigenvalue weighted by atomic mass is 16.5. The second kappa shape index (κ2) is 9.69. The van der Waals surface area contributed by atoms with E-state index in [9.17, 15) is 9.59 Å². The fourth-order valence-corrected chi connectivity index (χ4v) is 3.51. The SMILES string of the molecule is COCCN(CCOC)C1=C(c2ccccc2)C(=O)N(c2ccc(C)c(C)c2)C1=O. The summed E-state index contributed by atoms with van der Waals surface area (Å²) in [4.78, 5) is 30.3. The fraction of sp³-hybridized carbons (Fsp3) is 0.333. The number of benzene rings is 2. The average Bonchev–Trinajstić information content (AvgIpc) is 3.01. The van der Waals surface area contributed by atoms with Crippen molar-refractivity contribution in [3.8, 4) is 0 Å². The Balaban J connectivity index is 2.11. The smallest absolute Gasteiger partial charge is 0.282 e. The summed E-state index contributed by atoms with van der Waals surface area (Å²) in [5.74, 6) is -0.640. The fourth-order valence-electron chi connectivity index (χ4n) is 3.51. The topological polar surface area (TPSA) is 59.1 Å². The molecule has 2 aromatic carbocycles. The number of hydrogen-bond donors (Lipinski definition) is 0. The molecule has 0 unspecified atom stereocenters. The molecule has 2 amide bonds. The van der Waals surface area contributed by atoms with Crippen molar-refractivity contribution in [2.75, 3.05) is 45.4 Å². The normalized spacial score (nSPS) is 14.1. The van der Waals surface area contributed by atoms with E-state index in [4.69, 9.17) is 9.47 Å². The zero-order chi connectivity index (χ0) is 21.7. The lowest BCUT2D eigenvalue weighted by Crippen LogP contribution is -2.37. The number of hydrogen-bond acceptors (Lipinski definition) is 5. The first kappa shape index (κ1) is 21.7.